The standard InChI is InChI=1S/C19H15N3O2/c1-24-16-9-5-6-13(10-16)19(23)18-17(21)14(11-20)12-22(18)15-7-3-2-4-8-15/h2-10,12H,21H2,1H3. The molecule has 0 aliphatic rings. The highest BCUT2D eigenvalue weighted by molar-refractivity contribution is 6.12. The Hall–Kier alpha value is -3.52. The number of methoxy groups -OCH3 is 1. The minimum atomic E-state index is -0.267. The normalized spacial score (nSPS) is 10.2. The van der Waals surface area contributed by atoms with Gasteiger partial charge in [0.2, 0.25) is 5.78 Å². The number of benzene rings is 2. The van der Waals surface area contributed by atoms with Gasteiger partial charge in [-0.3, -0.25) is 4.79 Å². The van der Waals surface area contributed by atoms with Crippen LogP contribution in [0.4, 0.5) is 5.69 Å². The molecular formula is C19H15N3O2. The van der Waals surface area contributed by atoms with Crippen LogP contribution in [0.3, 0.4) is 0 Å². The Morgan fingerprint density at radius 1 is 1.17 bits per heavy atom. The third kappa shape index (κ3) is 2.61. The second-order valence-corrected chi connectivity index (χ2v) is 5.18. The molecule has 0 saturated heterocycles. The van der Waals surface area contributed by atoms with Crippen LogP contribution < -0.4 is 10.5 Å². The van der Waals surface area contributed by atoms with Gasteiger partial charge in [0, 0.05) is 17.4 Å². The molecule has 3 aromatic rings. The smallest absolute Gasteiger partial charge is 0.212 e. The maximum absolute atomic E-state index is 13.0. The van der Waals surface area contributed by atoms with Gasteiger partial charge >= 0.3 is 0 Å². The molecule has 0 bridgehead atoms. The van der Waals surface area contributed by atoms with E-state index >= 15 is 0 Å². The van der Waals surface area contributed by atoms with Crippen LogP contribution in [0.25, 0.3) is 5.69 Å². The molecule has 5 heteroatoms. The number of ether oxygens (including phenoxy) is 1. The van der Waals surface area contributed by atoms with Crippen molar-refractivity contribution in [3.05, 3.63) is 77.6 Å². The summed E-state index contributed by atoms with van der Waals surface area (Å²) in [6.45, 7) is 0. The van der Waals surface area contributed by atoms with Gasteiger partial charge in [-0.05, 0) is 24.3 Å². The Morgan fingerprint density at radius 2 is 1.92 bits per heavy atom. The lowest BCUT2D eigenvalue weighted by Crippen LogP contribution is -2.11. The average Bonchev–Trinajstić information content (AvgIpc) is 2.98. The van der Waals surface area contributed by atoms with Crippen molar-refractivity contribution in [3.8, 4) is 17.5 Å². The van der Waals surface area contributed by atoms with E-state index in [1.165, 1.54) is 0 Å². The summed E-state index contributed by atoms with van der Waals surface area (Å²) >= 11 is 0. The number of carbonyl (C=O) groups excluding carboxylic acids is 1. The highest BCUT2D eigenvalue weighted by Gasteiger charge is 2.22. The zero-order valence-corrected chi connectivity index (χ0v) is 13.1. The van der Waals surface area contributed by atoms with Crippen molar-refractivity contribution in [2.75, 3.05) is 12.8 Å². The summed E-state index contributed by atoms with van der Waals surface area (Å²) in [5, 5.41) is 9.26. The topological polar surface area (TPSA) is 81.0 Å². The van der Waals surface area contributed by atoms with Crippen molar-refractivity contribution in [2.24, 2.45) is 0 Å². The molecule has 0 spiro atoms. The van der Waals surface area contributed by atoms with E-state index in [-0.39, 0.29) is 22.7 Å². The first kappa shape index (κ1) is 15.4. The van der Waals surface area contributed by atoms with Gasteiger partial charge < -0.3 is 15.0 Å². The molecule has 3 rings (SSSR count). The van der Waals surface area contributed by atoms with Gasteiger partial charge in [-0.1, -0.05) is 30.3 Å². The monoisotopic (exact) mass is 317 g/mol. The summed E-state index contributed by atoms with van der Waals surface area (Å²) in [5.41, 5.74) is 7.98. The quantitative estimate of drug-likeness (QED) is 0.749. The Morgan fingerprint density at radius 3 is 2.58 bits per heavy atom. The summed E-state index contributed by atoms with van der Waals surface area (Å²) in [6, 6.07) is 18.2. The number of ketones is 1. The Kier molecular flexibility index (Phi) is 4.04. The number of anilines is 1. The number of nitriles is 1. The molecule has 24 heavy (non-hydrogen) atoms. The van der Waals surface area contributed by atoms with Crippen molar-refractivity contribution >= 4 is 11.5 Å². The van der Waals surface area contributed by atoms with Gasteiger partial charge in [-0.15, -0.1) is 0 Å². The lowest BCUT2D eigenvalue weighted by Gasteiger charge is -2.10. The fourth-order valence-electron chi connectivity index (χ4n) is 2.53. The summed E-state index contributed by atoms with van der Waals surface area (Å²) in [7, 11) is 1.54. The van der Waals surface area contributed by atoms with Crippen LogP contribution in [-0.2, 0) is 0 Å². The molecule has 0 amide bonds. The highest BCUT2D eigenvalue weighted by Crippen LogP contribution is 2.27. The molecule has 2 N–H and O–H groups in total. The molecule has 0 atom stereocenters. The maximum Gasteiger partial charge on any atom is 0.212 e. The molecule has 118 valence electrons. The first-order chi connectivity index (χ1) is 11.7. The third-order valence-corrected chi connectivity index (χ3v) is 3.75. The van der Waals surface area contributed by atoms with E-state index < -0.39 is 0 Å². The van der Waals surface area contributed by atoms with Crippen LogP contribution in [0.2, 0.25) is 0 Å². The van der Waals surface area contributed by atoms with E-state index in [0.29, 0.717) is 11.3 Å². The number of hydrogen-bond acceptors (Lipinski definition) is 4. The minimum Gasteiger partial charge on any atom is -0.497 e. The average molecular weight is 317 g/mol. The van der Waals surface area contributed by atoms with E-state index in [1.807, 2.05) is 36.4 Å². The van der Waals surface area contributed by atoms with Gasteiger partial charge in [-0.25, -0.2) is 0 Å². The van der Waals surface area contributed by atoms with Gasteiger partial charge in [-0.2, -0.15) is 5.26 Å². The number of aromatic nitrogens is 1. The molecule has 0 unspecified atom stereocenters. The predicted octanol–water partition coefficient (Wildman–Crippen LogP) is 3.17. The minimum absolute atomic E-state index is 0.175. The number of nitrogen functional groups attached to an aromatic ring is 1. The molecule has 0 aliphatic heterocycles. The Balaban J connectivity index is 2.18. The summed E-state index contributed by atoms with van der Waals surface area (Å²) in [5.74, 6) is 0.314. The number of nitrogens with zero attached hydrogens (tertiary/aromatic N) is 2. The first-order valence-corrected chi connectivity index (χ1v) is 7.30. The number of para-hydroxylation sites is 1. The molecule has 1 heterocycles. The van der Waals surface area contributed by atoms with E-state index in [1.54, 1.807) is 42.1 Å². The van der Waals surface area contributed by atoms with E-state index in [2.05, 4.69) is 0 Å². The largest absolute Gasteiger partial charge is 0.497 e. The molecule has 0 saturated carbocycles. The van der Waals surface area contributed by atoms with E-state index in [9.17, 15) is 10.1 Å². The fraction of sp³-hybridized carbons (Fsp3) is 0.0526. The molecule has 2 aromatic carbocycles. The Bertz CT molecular complexity index is 937. The van der Waals surface area contributed by atoms with Gasteiger partial charge in [0.15, 0.2) is 0 Å². The number of nitrogens with two attached hydrogens (primary N) is 1. The van der Waals surface area contributed by atoms with Crippen LogP contribution in [-0.4, -0.2) is 17.5 Å². The van der Waals surface area contributed by atoms with Crippen LogP contribution >= 0.6 is 0 Å². The number of rotatable bonds is 4. The van der Waals surface area contributed by atoms with Crippen LogP contribution in [0.1, 0.15) is 21.6 Å². The lowest BCUT2D eigenvalue weighted by atomic mass is 10.1. The van der Waals surface area contributed by atoms with Gasteiger partial charge in [0.25, 0.3) is 0 Å². The fourth-order valence-corrected chi connectivity index (χ4v) is 2.53. The third-order valence-electron chi connectivity index (χ3n) is 3.75. The predicted molar refractivity (Wildman–Crippen MR) is 91.3 cm³/mol. The van der Waals surface area contributed by atoms with E-state index in [0.717, 1.165) is 5.69 Å². The molecule has 0 fully saturated rings. The zero-order chi connectivity index (χ0) is 17.1. The van der Waals surface area contributed by atoms with Crippen LogP contribution in [0.15, 0.2) is 60.8 Å². The highest BCUT2D eigenvalue weighted by atomic mass is 16.5. The van der Waals surface area contributed by atoms with Crippen molar-refractivity contribution in [1.82, 2.24) is 4.57 Å². The second kappa shape index (κ2) is 6.31. The van der Waals surface area contributed by atoms with Gasteiger partial charge in [0.1, 0.15) is 17.5 Å². The SMILES string of the molecule is COc1cccc(C(=O)c2c(N)c(C#N)cn2-c2ccccc2)c1. The Labute approximate surface area is 139 Å². The maximum atomic E-state index is 13.0. The van der Waals surface area contributed by atoms with Crippen molar-refractivity contribution < 1.29 is 9.53 Å². The molecular weight excluding hydrogens is 302 g/mol. The molecule has 0 radical (unpaired) electrons. The summed E-state index contributed by atoms with van der Waals surface area (Å²) in [6.07, 6.45) is 1.58. The molecule has 0 aliphatic carbocycles. The van der Waals surface area contributed by atoms with Crippen molar-refractivity contribution in [3.63, 3.8) is 0 Å². The van der Waals surface area contributed by atoms with Gasteiger partial charge in [0.05, 0.1) is 18.4 Å². The zero-order valence-electron chi connectivity index (χ0n) is 13.1. The molecule has 1 aromatic heterocycles. The van der Waals surface area contributed by atoms with Crippen LogP contribution in [0, 0.1) is 11.3 Å². The number of carbonyl (C=O) groups is 1. The van der Waals surface area contributed by atoms with Crippen molar-refractivity contribution in [2.45, 2.75) is 0 Å². The first-order valence-electron chi connectivity index (χ1n) is 7.30. The molecule has 5 nitrogen and oxygen atoms in total. The lowest BCUT2D eigenvalue weighted by molar-refractivity contribution is 0.103. The van der Waals surface area contributed by atoms with Crippen molar-refractivity contribution in [1.29, 1.82) is 5.26 Å². The van der Waals surface area contributed by atoms with E-state index in [4.69, 9.17) is 10.5 Å². The number of hydrogen-bond donors (Lipinski definition) is 1. The summed E-state index contributed by atoms with van der Waals surface area (Å²) < 4.78 is 6.82. The summed E-state index contributed by atoms with van der Waals surface area (Å²) in [4.78, 5) is 13.0. The van der Waals surface area contributed by atoms with Crippen LogP contribution in [0.5, 0.6) is 5.75 Å². The second-order valence-electron chi connectivity index (χ2n) is 5.18.